The highest BCUT2D eigenvalue weighted by Gasteiger charge is 2.52. The Bertz CT molecular complexity index is 909. The van der Waals surface area contributed by atoms with Gasteiger partial charge in [0, 0.05) is 19.6 Å². The Kier molecular flexibility index (Phi) is 5.70. The number of piperidine rings is 1. The monoisotopic (exact) mass is 407 g/mol. The number of hydrogen-bond acceptors (Lipinski definition) is 4. The van der Waals surface area contributed by atoms with E-state index in [2.05, 4.69) is 5.32 Å². The zero-order valence-corrected chi connectivity index (χ0v) is 16.8. The van der Waals surface area contributed by atoms with Crippen molar-refractivity contribution in [3.8, 4) is 5.75 Å². The van der Waals surface area contributed by atoms with Gasteiger partial charge in [0.25, 0.3) is 11.8 Å². The number of para-hydroxylation sites is 1. The van der Waals surface area contributed by atoms with E-state index in [1.807, 2.05) is 48.5 Å². The van der Waals surface area contributed by atoms with Gasteiger partial charge in [-0.1, -0.05) is 48.5 Å². The summed E-state index contributed by atoms with van der Waals surface area (Å²) in [5.74, 6) is 0.342. The molecule has 0 bridgehead atoms. The molecule has 4 amide bonds. The number of ether oxygens (including phenoxy) is 1. The highest BCUT2D eigenvalue weighted by molar-refractivity contribution is 6.07. The molecule has 2 aliphatic rings. The van der Waals surface area contributed by atoms with Crippen molar-refractivity contribution in [3.63, 3.8) is 0 Å². The maximum Gasteiger partial charge on any atom is 0.325 e. The van der Waals surface area contributed by atoms with Crippen LogP contribution >= 0.6 is 0 Å². The number of nitrogens with one attached hydrogen (secondary N) is 1. The molecule has 156 valence electrons. The summed E-state index contributed by atoms with van der Waals surface area (Å²) in [7, 11) is 0. The molecule has 30 heavy (non-hydrogen) atoms. The Hall–Kier alpha value is -3.35. The van der Waals surface area contributed by atoms with Gasteiger partial charge in [-0.15, -0.1) is 0 Å². The number of hydrogen-bond donors (Lipinski definition) is 1. The van der Waals surface area contributed by atoms with E-state index in [0.717, 1.165) is 5.56 Å². The van der Waals surface area contributed by atoms with Crippen LogP contribution in [0.1, 0.15) is 18.4 Å². The minimum Gasteiger partial charge on any atom is -0.484 e. The summed E-state index contributed by atoms with van der Waals surface area (Å²) in [4.78, 5) is 40.9. The van der Waals surface area contributed by atoms with Crippen LogP contribution in [0.2, 0.25) is 0 Å². The number of benzene rings is 2. The molecule has 2 saturated heterocycles. The Morgan fingerprint density at radius 1 is 0.967 bits per heavy atom. The maximum absolute atomic E-state index is 13.0. The van der Waals surface area contributed by atoms with Crippen molar-refractivity contribution in [2.24, 2.45) is 0 Å². The van der Waals surface area contributed by atoms with Crippen LogP contribution < -0.4 is 10.1 Å². The molecule has 1 N–H and O–H groups in total. The highest BCUT2D eigenvalue weighted by atomic mass is 16.5. The summed E-state index contributed by atoms with van der Waals surface area (Å²) in [5, 5.41) is 2.89. The molecule has 0 aromatic heterocycles. The van der Waals surface area contributed by atoms with Crippen molar-refractivity contribution in [2.45, 2.75) is 24.8 Å². The van der Waals surface area contributed by atoms with E-state index in [4.69, 9.17) is 4.74 Å². The van der Waals surface area contributed by atoms with E-state index >= 15 is 0 Å². The topological polar surface area (TPSA) is 79.0 Å². The fraction of sp³-hybridized carbons (Fsp3) is 0.348. The summed E-state index contributed by atoms with van der Waals surface area (Å²) >= 11 is 0. The van der Waals surface area contributed by atoms with Crippen LogP contribution in [0.25, 0.3) is 0 Å². The molecule has 2 fully saturated rings. The number of nitrogens with zero attached hydrogens (tertiary/aromatic N) is 2. The van der Waals surface area contributed by atoms with Crippen molar-refractivity contribution < 1.29 is 19.1 Å². The number of urea groups is 1. The normalized spacial score (nSPS) is 17.9. The molecule has 2 aromatic rings. The van der Waals surface area contributed by atoms with Crippen molar-refractivity contribution in [1.82, 2.24) is 15.1 Å². The Balaban J connectivity index is 1.30. The lowest BCUT2D eigenvalue weighted by Gasteiger charge is -2.37. The van der Waals surface area contributed by atoms with E-state index in [-0.39, 0.29) is 24.5 Å². The van der Waals surface area contributed by atoms with E-state index in [9.17, 15) is 14.4 Å². The first-order chi connectivity index (χ1) is 14.6. The minimum atomic E-state index is -0.898. The Morgan fingerprint density at radius 3 is 2.27 bits per heavy atom. The van der Waals surface area contributed by atoms with Crippen molar-refractivity contribution in [3.05, 3.63) is 66.2 Å². The smallest absolute Gasteiger partial charge is 0.325 e. The Labute approximate surface area is 175 Å². The summed E-state index contributed by atoms with van der Waals surface area (Å²) in [6.45, 7) is 1.13. The van der Waals surface area contributed by atoms with Gasteiger partial charge < -0.3 is 15.0 Å². The van der Waals surface area contributed by atoms with Gasteiger partial charge in [0.1, 0.15) is 11.3 Å². The third-order valence-corrected chi connectivity index (χ3v) is 5.79. The van der Waals surface area contributed by atoms with Gasteiger partial charge >= 0.3 is 6.03 Å². The number of imide groups is 1. The predicted octanol–water partition coefficient (Wildman–Crippen LogP) is 2.22. The molecule has 2 aromatic carbocycles. The minimum absolute atomic E-state index is 0.0412. The first kappa shape index (κ1) is 19.9. The lowest BCUT2D eigenvalue weighted by Crippen LogP contribution is -2.56. The molecule has 7 heteroatoms. The molecule has 4 rings (SSSR count). The second kappa shape index (κ2) is 8.57. The van der Waals surface area contributed by atoms with Gasteiger partial charge in [-0.2, -0.15) is 0 Å². The van der Waals surface area contributed by atoms with Crippen LogP contribution in [0.3, 0.4) is 0 Å². The zero-order chi connectivity index (χ0) is 21.0. The second-order valence-corrected chi connectivity index (χ2v) is 7.69. The molecular formula is C23H25N3O4. The molecule has 0 radical (unpaired) electrons. The van der Waals surface area contributed by atoms with Gasteiger partial charge in [0.2, 0.25) is 0 Å². The number of rotatable bonds is 6. The molecular weight excluding hydrogens is 382 g/mol. The molecule has 2 aliphatic heterocycles. The van der Waals surface area contributed by atoms with Crippen LogP contribution in [0.4, 0.5) is 4.79 Å². The lowest BCUT2D eigenvalue weighted by atomic mass is 9.87. The molecule has 0 aliphatic carbocycles. The number of carbonyl (C=O) groups excluding carboxylic acids is 3. The lowest BCUT2D eigenvalue weighted by molar-refractivity contribution is -0.139. The first-order valence-electron chi connectivity index (χ1n) is 10.2. The number of amides is 4. The van der Waals surface area contributed by atoms with E-state index < -0.39 is 5.54 Å². The van der Waals surface area contributed by atoms with Gasteiger partial charge in [-0.05, 0) is 37.0 Å². The third-order valence-electron chi connectivity index (χ3n) is 5.79. The van der Waals surface area contributed by atoms with E-state index in [1.165, 1.54) is 4.90 Å². The van der Waals surface area contributed by atoms with Crippen LogP contribution in [-0.4, -0.2) is 59.4 Å². The average Bonchev–Trinajstić information content (AvgIpc) is 3.01. The fourth-order valence-corrected chi connectivity index (χ4v) is 3.99. The maximum atomic E-state index is 13.0. The number of carbonyl (C=O) groups is 3. The van der Waals surface area contributed by atoms with Crippen LogP contribution in [0, 0.1) is 0 Å². The van der Waals surface area contributed by atoms with Gasteiger partial charge in [-0.25, -0.2) is 4.79 Å². The number of likely N-dealkylation sites (tertiary alicyclic amines) is 1. The van der Waals surface area contributed by atoms with Crippen LogP contribution in [0.15, 0.2) is 60.7 Å². The van der Waals surface area contributed by atoms with E-state index in [1.54, 1.807) is 17.0 Å². The highest BCUT2D eigenvalue weighted by Crippen LogP contribution is 2.29. The molecule has 0 unspecified atom stereocenters. The third kappa shape index (κ3) is 4.15. The van der Waals surface area contributed by atoms with E-state index in [0.29, 0.717) is 44.6 Å². The standard InChI is InChI=1S/C23H25N3O4/c27-20(17-30-19-9-5-2-6-10-19)25-15-12-23(13-16-25)21(28)26(22(29)24-23)14-11-18-7-3-1-4-8-18/h1-10H,11-17H2,(H,24,29). The Morgan fingerprint density at radius 2 is 1.60 bits per heavy atom. The second-order valence-electron chi connectivity index (χ2n) is 7.69. The molecule has 0 atom stereocenters. The molecule has 7 nitrogen and oxygen atoms in total. The largest absolute Gasteiger partial charge is 0.484 e. The van der Waals surface area contributed by atoms with Crippen LogP contribution in [0.5, 0.6) is 5.75 Å². The molecule has 2 heterocycles. The molecule has 1 spiro atoms. The van der Waals surface area contributed by atoms with Crippen molar-refractivity contribution >= 4 is 17.8 Å². The summed E-state index contributed by atoms with van der Waals surface area (Å²) in [5.41, 5.74) is 0.183. The average molecular weight is 407 g/mol. The molecule has 0 saturated carbocycles. The SMILES string of the molecule is O=C(COc1ccccc1)N1CCC2(CC1)NC(=O)N(CCc1ccccc1)C2=O. The van der Waals surface area contributed by atoms with Crippen molar-refractivity contribution in [2.75, 3.05) is 26.2 Å². The summed E-state index contributed by atoms with van der Waals surface area (Å²) < 4.78 is 5.53. The quantitative estimate of drug-likeness (QED) is 0.745. The van der Waals surface area contributed by atoms with Gasteiger partial charge in [0.05, 0.1) is 0 Å². The van der Waals surface area contributed by atoms with Crippen molar-refractivity contribution in [1.29, 1.82) is 0 Å². The first-order valence-corrected chi connectivity index (χ1v) is 10.2. The summed E-state index contributed by atoms with van der Waals surface area (Å²) in [6, 6.07) is 18.6. The zero-order valence-electron chi connectivity index (χ0n) is 16.8. The fourth-order valence-electron chi connectivity index (χ4n) is 3.99. The van der Waals surface area contributed by atoms with Gasteiger partial charge in [-0.3, -0.25) is 14.5 Å². The predicted molar refractivity (Wildman–Crippen MR) is 111 cm³/mol. The summed E-state index contributed by atoms with van der Waals surface area (Å²) in [6.07, 6.45) is 1.45. The van der Waals surface area contributed by atoms with Crippen LogP contribution in [-0.2, 0) is 16.0 Å². The van der Waals surface area contributed by atoms with Gasteiger partial charge in [0.15, 0.2) is 6.61 Å².